The van der Waals surface area contributed by atoms with Crippen molar-refractivity contribution in [2.24, 2.45) is 0 Å². The molecule has 0 atom stereocenters. The van der Waals surface area contributed by atoms with Crippen molar-refractivity contribution in [3.63, 3.8) is 0 Å². The first-order valence-electron chi connectivity index (χ1n) is 6.87. The molecule has 1 aromatic rings. The van der Waals surface area contributed by atoms with Gasteiger partial charge in [-0.05, 0) is 37.8 Å². The Bertz CT molecular complexity index is 507. The highest BCUT2D eigenvalue weighted by atomic mass is 32.1. The van der Waals surface area contributed by atoms with Gasteiger partial charge < -0.3 is 15.5 Å². The third kappa shape index (κ3) is 4.34. The molecule has 0 unspecified atom stereocenters. The molecule has 4 nitrogen and oxygen atoms in total. The van der Waals surface area contributed by atoms with Crippen LogP contribution in [0.4, 0.5) is 0 Å². The smallest absolute Gasteiger partial charge is 0.261 e. The second-order valence-corrected chi connectivity index (χ2v) is 6.00. The molecule has 1 fully saturated rings. The van der Waals surface area contributed by atoms with E-state index in [0.29, 0.717) is 11.3 Å². The minimum absolute atomic E-state index is 0.0548. The van der Waals surface area contributed by atoms with Gasteiger partial charge in [0.25, 0.3) is 5.91 Å². The SMILES string of the molecule is O=C(NC1CCC(O)CC1)c1ccc(C#CCCO)s1. The zero-order valence-corrected chi connectivity index (χ0v) is 12.1. The second-order valence-electron chi connectivity index (χ2n) is 4.92. The number of aliphatic hydroxyl groups excluding tert-OH is 2. The van der Waals surface area contributed by atoms with Gasteiger partial charge in [0.1, 0.15) is 0 Å². The Labute approximate surface area is 122 Å². The lowest BCUT2D eigenvalue weighted by Gasteiger charge is -2.25. The minimum Gasteiger partial charge on any atom is -0.395 e. The van der Waals surface area contributed by atoms with E-state index < -0.39 is 0 Å². The van der Waals surface area contributed by atoms with Gasteiger partial charge in [-0.3, -0.25) is 4.79 Å². The minimum atomic E-state index is -0.210. The Morgan fingerprint density at radius 2 is 2.10 bits per heavy atom. The lowest BCUT2D eigenvalue weighted by Crippen LogP contribution is -2.38. The van der Waals surface area contributed by atoms with E-state index in [4.69, 9.17) is 5.11 Å². The van der Waals surface area contributed by atoms with Crippen LogP contribution < -0.4 is 5.32 Å². The van der Waals surface area contributed by atoms with Gasteiger partial charge >= 0.3 is 0 Å². The Hall–Kier alpha value is -1.35. The van der Waals surface area contributed by atoms with E-state index in [1.54, 1.807) is 6.07 Å². The van der Waals surface area contributed by atoms with Crippen molar-refractivity contribution in [1.29, 1.82) is 0 Å². The van der Waals surface area contributed by atoms with Crippen molar-refractivity contribution < 1.29 is 15.0 Å². The zero-order valence-electron chi connectivity index (χ0n) is 11.3. The molecular formula is C15H19NO3S. The molecule has 1 aliphatic carbocycles. The summed E-state index contributed by atoms with van der Waals surface area (Å²) in [4.78, 5) is 13.6. The van der Waals surface area contributed by atoms with Crippen LogP contribution in [0.5, 0.6) is 0 Å². The fraction of sp³-hybridized carbons (Fsp3) is 0.533. The summed E-state index contributed by atoms with van der Waals surface area (Å²) in [6.45, 7) is 0.0548. The summed E-state index contributed by atoms with van der Waals surface area (Å²) in [6.07, 6.45) is 3.42. The number of carbonyl (C=O) groups is 1. The predicted octanol–water partition coefficient (Wildman–Crippen LogP) is 1.52. The van der Waals surface area contributed by atoms with Crippen LogP contribution in [0.25, 0.3) is 0 Å². The molecule has 3 N–H and O–H groups in total. The molecule has 1 aromatic heterocycles. The molecule has 0 aliphatic heterocycles. The quantitative estimate of drug-likeness (QED) is 0.740. The normalized spacial score (nSPS) is 21.9. The van der Waals surface area contributed by atoms with E-state index in [-0.39, 0.29) is 24.7 Å². The Morgan fingerprint density at radius 3 is 2.80 bits per heavy atom. The molecule has 2 rings (SSSR count). The summed E-state index contributed by atoms with van der Waals surface area (Å²) < 4.78 is 0. The number of hydrogen-bond acceptors (Lipinski definition) is 4. The molecule has 0 spiro atoms. The Balaban J connectivity index is 1.88. The van der Waals surface area contributed by atoms with Crippen molar-refractivity contribution in [3.05, 3.63) is 21.9 Å². The molecule has 108 valence electrons. The van der Waals surface area contributed by atoms with Gasteiger partial charge in [-0.1, -0.05) is 11.8 Å². The van der Waals surface area contributed by atoms with Crippen molar-refractivity contribution >= 4 is 17.2 Å². The predicted molar refractivity (Wildman–Crippen MR) is 78.6 cm³/mol. The van der Waals surface area contributed by atoms with Gasteiger partial charge in [0.05, 0.1) is 22.5 Å². The van der Waals surface area contributed by atoms with E-state index in [2.05, 4.69) is 17.2 Å². The molecule has 1 amide bonds. The largest absolute Gasteiger partial charge is 0.395 e. The van der Waals surface area contributed by atoms with Crippen LogP contribution in [0.1, 0.15) is 46.7 Å². The van der Waals surface area contributed by atoms with Crippen LogP contribution >= 0.6 is 11.3 Å². The molecular weight excluding hydrogens is 274 g/mol. The molecule has 20 heavy (non-hydrogen) atoms. The van der Waals surface area contributed by atoms with Crippen LogP contribution in [0.3, 0.4) is 0 Å². The molecule has 0 saturated heterocycles. The highest BCUT2D eigenvalue weighted by Gasteiger charge is 2.21. The van der Waals surface area contributed by atoms with Crippen LogP contribution in [0.2, 0.25) is 0 Å². The topological polar surface area (TPSA) is 69.6 Å². The van der Waals surface area contributed by atoms with E-state index in [9.17, 15) is 9.90 Å². The maximum absolute atomic E-state index is 12.1. The highest BCUT2D eigenvalue weighted by Crippen LogP contribution is 2.20. The summed E-state index contributed by atoms with van der Waals surface area (Å²) in [6, 6.07) is 3.77. The number of nitrogens with one attached hydrogen (secondary N) is 1. The van der Waals surface area contributed by atoms with E-state index in [1.165, 1.54) is 11.3 Å². The first-order chi connectivity index (χ1) is 9.69. The van der Waals surface area contributed by atoms with Crippen molar-refractivity contribution in [2.45, 2.75) is 44.2 Å². The van der Waals surface area contributed by atoms with Crippen LogP contribution in [-0.2, 0) is 0 Å². The monoisotopic (exact) mass is 293 g/mol. The molecule has 0 aromatic carbocycles. The van der Waals surface area contributed by atoms with Gasteiger partial charge in [-0.25, -0.2) is 0 Å². The van der Waals surface area contributed by atoms with Crippen LogP contribution in [0.15, 0.2) is 12.1 Å². The average Bonchev–Trinajstić information content (AvgIpc) is 2.91. The molecule has 5 heteroatoms. The maximum Gasteiger partial charge on any atom is 0.261 e. The van der Waals surface area contributed by atoms with Crippen molar-refractivity contribution in [3.8, 4) is 11.8 Å². The highest BCUT2D eigenvalue weighted by molar-refractivity contribution is 7.14. The summed E-state index contributed by atoms with van der Waals surface area (Å²) >= 11 is 1.36. The lowest BCUT2D eigenvalue weighted by atomic mass is 9.93. The zero-order chi connectivity index (χ0) is 14.4. The number of rotatable bonds is 3. The van der Waals surface area contributed by atoms with Crippen molar-refractivity contribution in [2.75, 3.05) is 6.61 Å². The molecule has 1 heterocycles. The van der Waals surface area contributed by atoms with Gasteiger partial charge in [0.15, 0.2) is 0 Å². The molecule has 0 bridgehead atoms. The van der Waals surface area contributed by atoms with Gasteiger partial charge in [-0.15, -0.1) is 11.3 Å². The molecule has 1 saturated carbocycles. The van der Waals surface area contributed by atoms with Gasteiger partial charge in [0, 0.05) is 12.5 Å². The van der Waals surface area contributed by atoms with E-state index >= 15 is 0 Å². The summed E-state index contributed by atoms with van der Waals surface area (Å²) in [5, 5.41) is 21.1. The number of amides is 1. The van der Waals surface area contributed by atoms with Gasteiger partial charge in [-0.2, -0.15) is 0 Å². The van der Waals surface area contributed by atoms with Crippen molar-refractivity contribution in [1.82, 2.24) is 5.32 Å². The summed E-state index contributed by atoms with van der Waals surface area (Å²) in [7, 11) is 0. The second kappa shape index (κ2) is 7.44. The molecule has 1 aliphatic rings. The first-order valence-corrected chi connectivity index (χ1v) is 7.69. The fourth-order valence-electron chi connectivity index (χ4n) is 2.21. The van der Waals surface area contributed by atoms with E-state index in [1.807, 2.05) is 6.07 Å². The number of thiophene rings is 1. The van der Waals surface area contributed by atoms with Gasteiger partial charge in [0.2, 0.25) is 0 Å². The summed E-state index contributed by atoms with van der Waals surface area (Å²) in [5.41, 5.74) is 0. The lowest BCUT2D eigenvalue weighted by molar-refractivity contribution is 0.0871. The Morgan fingerprint density at radius 1 is 1.35 bits per heavy atom. The maximum atomic E-state index is 12.1. The molecule has 0 radical (unpaired) electrons. The number of hydrogen-bond donors (Lipinski definition) is 3. The standard InChI is InChI=1S/C15H19NO3S/c17-10-2-1-3-13-8-9-14(20-13)15(19)16-11-4-6-12(18)7-5-11/h8-9,11-12,17-18H,2,4-7,10H2,(H,16,19). The third-order valence-electron chi connectivity index (χ3n) is 3.31. The average molecular weight is 293 g/mol. The fourth-order valence-corrected chi connectivity index (χ4v) is 2.99. The summed E-state index contributed by atoms with van der Waals surface area (Å²) in [5.74, 6) is 5.70. The number of aliphatic hydroxyl groups is 2. The van der Waals surface area contributed by atoms with Crippen LogP contribution in [-0.4, -0.2) is 34.9 Å². The Kier molecular flexibility index (Phi) is 5.60. The third-order valence-corrected chi connectivity index (χ3v) is 4.31. The van der Waals surface area contributed by atoms with Crippen LogP contribution in [0, 0.1) is 11.8 Å². The first kappa shape index (κ1) is 15.0. The number of carbonyl (C=O) groups excluding carboxylic acids is 1. The van der Waals surface area contributed by atoms with E-state index in [0.717, 1.165) is 30.6 Å².